The van der Waals surface area contributed by atoms with E-state index in [4.69, 9.17) is 6.57 Å². The Bertz CT molecular complexity index is 3560. The van der Waals surface area contributed by atoms with Crippen molar-refractivity contribution in [2.45, 2.75) is 0 Å². The lowest BCUT2D eigenvalue weighted by atomic mass is 9.89. The molecule has 0 bridgehead atoms. The van der Waals surface area contributed by atoms with Crippen LogP contribution in [-0.2, 0) is 0 Å². The van der Waals surface area contributed by atoms with Gasteiger partial charge in [0, 0.05) is 21.8 Å². The summed E-state index contributed by atoms with van der Waals surface area (Å²) in [5.74, 6) is 0. The fourth-order valence-corrected chi connectivity index (χ4v) is 9.33. The summed E-state index contributed by atoms with van der Waals surface area (Å²) in [6, 6.07) is 62.2. The van der Waals surface area contributed by atoms with Crippen LogP contribution in [0.3, 0.4) is 0 Å². The quantitative estimate of drug-likeness (QED) is 0.128. The monoisotopic (exact) mass is 668 g/mol. The van der Waals surface area contributed by atoms with Gasteiger partial charge >= 0.3 is 0 Å². The van der Waals surface area contributed by atoms with Gasteiger partial charge in [0.25, 0.3) is 0 Å². The first-order valence-electron chi connectivity index (χ1n) is 18.1. The highest BCUT2D eigenvalue weighted by molar-refractivity contribution is 6.39. The molecule has 0 amide bonds. The summed E-state index contributed by atoms with van der Waals surface area (Å²) in [7, 11) is 0. The molecule has 0 aliphatic heterocycles. The first kappa shape index (κ1) is 28.5. The van der Waals surface area contributed by atoms with E-state index in [-0.39, 0.29) is 0 Å². The predicted molar refractivity (Wildman–Crippen MR) is 226 cm³/mol. The first-order valence-corrected chi connectivity index (χ1v) is 18.1. The van der Waals surface area contributed by atoms with Crippen LogP contribution in [0.4, 0.5) is 5.69 Å². The molecule has 12 rings (SSSR count). The number of fused-ring (bicyclic) bond motifs is 12. The van der Waals surface area contributed by atoms with Crippen LogP contribution < -0.4 is 0 Å². The molecule has 0 spiro atoms. The zero-order valence-corrected chi connectivity index (χ0v) is 28.6. The van der Waals surface area contributed by atoms with E-state index in [0.29, 0.717) is 5.69 Å². The molecule has 0 saturated heterocycles. The third-order valence-electron chi connectivity index (χ3n) is 11.6. The number of benzene rings is 11. The minimum absolute atomic E-state index is 0.663. The Kier molecular flexibility index (Phi) is 5.60. The van der Waals surface area contributed by atoms with Gasteiger partial charge in [-0.1, -0.05) is 127 Å². The highest BCUT2D eigenvalue weighted by Gasteiger charge is 2.22. The van der Waals surface area contributed by atoms with Crippen LogP contribution in [0, 0.1) is 6.57 Å². The van der Waals surface area contributed by atoms with Gasteiger partial charge in [-0.2, -0.15) is 0 Å². The SMILES string of the molecule is [C-]#[N+]c1ccc2ccc(-c3ccc4c(c3)c3ccccc3c3cc5c6c7cccc8ccc9cccc(c9c87)c6n(-c6ccccc6)c5cc43)cc2c1. The van der Waals surface area contributed by atoms with E-state index >= 15 is 0 Å². The third kappa shape index (κ3) is 3.86. The Labute approximate surface area is 304 Å². The molecule has 0 saturated carbocycles. The molecule has 0 unspecified atom stereocenters. The Hall–Kier alpha value is -7.21. The van der Waals surface area contributed by atoms with E-state index in [1.54, 1.807) is 0 Å². The van der Waals surface area contributed by atoms with Gasteiger partial charge < -0.3 is 4.57 Å². The number of hydrogen-bond acceptors (Lipinski definition) is 0. The molecule has 0 N–H and O–H groups in total. The maximum atomic E-state index is 7.53. The molecule has 242 valence electrons. The van der Waals surface area contributed by atoms with Crippen molar-refractivity contribution < 1.29 is 0 Å². The van der Waals surface area contributed by atoms with Gasteiger partial charge in [0.2, 0.25) is 0 Å². The van der Waals surface area contributed by atoms with Crippen LogP contribution in [0.1, 0.15) is 0 Å². The second-order valence-electron chi connectivity index (χ2n) is 14.3. The zero-order valence-electron chi connectivity index (χ0n) is 28.6. The van der Waals surface area contributed by atoms with Crippen LogP contribution in [0.2, 0.25) is 0 Å². The van der Waals surface area contributed by atoms with Gasteiger partial charge in [0.15, 0.2) is 5.69 Å². The van der Waals surface area contributed by atoms with Gasteiger partial charge in [-0.25, -0.2) is 4.85 Å². The average molecular weight is 669 g/mol. The number of nitrogens with zero attached hydrogens (tertiary/aromatic N) is 2. The van der Waals surface area contributed by atoms with Crippen molar-refractivity contribution in [2.75, 3.05) is 0 Å². The van der Waals surface area contributed by atoms with E-state index in [2.05, 4.69) is 161 Å². The van der Waals surface area contributed by atoms with Gasteiger partial charge in [0.05, 0.1) is 17.6 Å². The molecule has 0 aliphatic carbocycles. The lowest BCUT2D eigenvalue weighted by Crippen LogP contribution is -1.95. The minimum Gasteiger partial charge on any atom is -0.309 e. The number of para-hydroxylation sites is 1. The highest BCUT2D eigenvalue weighted by atomic mass is 15.0. The number of aromatic nitrogens is 1. The lowest BCUT2D eigenvalue weighted by molar-refractivity contribution is 1.19. The smallest absolute Gasteiger partial charge is 0.187 e. The first-order chi connectivity index (χ1) is 26.2. The molecule has 2 heteroatoms. The fraction of sp³-hybridized carbons (Fsp3) is 0. The summed E-state index contributed by atoms with van der Waals surface area (Å²) < 4.78 is 2.51. The van der Waals surface area contributed by atoms with Crippen LogP contribution in [0.5, 0.6) is 0 Å². The number of hydrogen-bond donors (Lipinski definition) is 0. The summed E-state index contributed by atoms with van der Waals surface area (Å²) in [5, 5.41) is 20.1. The molecule has 0 radical (unpaired) electrons. The van der Waals surface area contributed by atoms with Gasteiger partial charge in [-0.05, 0) is 124 Å². The molecule has 11 aromatic carbocycles. The largest absolute Gasteiger partial charge is 0.309 e. The molecule has 53 heavy (non-hydrogen) atoms. The maximum Gasteiger partial charge on any atom is 0.187 e. The Morgan fingerprint density at radius 3 is 1.75 bits per heavy atom. The summed E-state index contributed by atoms with van der Waals surface area (Å²) in [6.45, 7) is 7.53. The average Bonchev–Trinajstić information content (AvgIpc) is 3.57. The Morgan fingerprint density at radius 2 is 0.962 bits per heavy atom. The topological polar surface area (TPSA) is 9.29 Å². The molecule has 1 heterocycles. The van der Waals surface area contributed by atoms with Crippen molar-refractivity contribution in [3.8, 4) is 16.8 Å². The molecule has 12 aromatic rings. The van der Waals surface area contributed by atoms with Crippen molar-refractivity contribution in [3.05, 3.63) is 181 Å². The van der Waals surface area contributed by atoms with Gasteiger partial charge in [-0.3, -0.25) is 0 Å². The maximum absolute atomic E-state index is 7.53. The number of rotatable bonds is 2. The normalized spacial score (nSPS) is 12.1. The van der Waals surface area contributed by atoms with Crippen LogP contribution in [0.25, 0.3) is 119 Å². The van der Waals surface area contributed by atoms with Crippen molar-refractivity contribution in [3.63, 3.8) is 0 Å². The van der Waals surface area contributed by atoms with Crippen LogP contribution in [-0.4, -0.2) is 4.57 Å². The molecular weight excluding hydrogens is 641 g/mol. The van der Waals surface area contributed by atoms with Crippen LogP contribution >= 0.6 is 0 Å². The summed E-state index contributed by atoms with van der Waals surface area (Å²) in [5.41, 5.74) is 6.60. The second kappa shape index (κ2) is 10.4. The minimum atomic E-state index is 0.663. The predicted octanol–water partition coefficient (Wildman–Crippen LogP) is 14.5. The third-order valence-corrected chi connectivity index (χ3v) is 11.6. The van der Waals surface area contributed by atoms with E-state index in [1.807, 2.05) is 18.2 Å². The summed E-state index contributed by atoms with van der Waals surface area (Å²) in [4.78, 5) is 3.67. The lowest BCUT2D eigenvalue weighted by Gasteiger charge is -2.15. The van der Waals surface area contributed by atoms with Crippen molar-refractivity contribution in [1.82, 2.24) is 4.57 Å². The van der Waals surface area contributed by atoms with E-state index < -0.39 is 0 Å². The van der Waals surface area contributed by atoms with Crippen LogP contribution in [0.15, 0.2) is 170 Å². The van der Waals surface area contributed by atoms with Crippen molar-refractivity contribution >= 4 is 103 Å². The van der Waals surface area contributed by atoms with Crippen molar-refractivity contribution in [2.24, 2.45) is 0 Å². The van der Waals surface area contributed by atoms with E-state index in [9.17, 15) is 0 Å². The Morgan fingerprint density at radius 1 is 0.358 bits per heavy atom. The van der Waals surface area contributed by atoms with Crippen molar-refractivity contribution in [1.29, 1.82) is 0 Å². The Balaban J connectivity index is 1.24. The van der Waals surface area contributed by atoms with Gasteiger partial charge in [0.1, 0.15) is 0 Å². The molecule has 1 aromatic heterocycles. The van der Waals surface area contributed by atoms with Gasteiger partial charge in [-0.15, -0.1) is 0 Å². The summed E-state index contributed by atoms with van der Waals surface area (Å²) >= 11 is 0. The molecule has 2 nitrogen and oxygen atoms in total. The fourth-order valence-electron chi connectivity index (χ4n) is 9.33. The zero-order chi connectivity index (χ0) is 34.8. The summed E-state index contributed by atoms with van der Waals surface area (Å²) in [6.07, 6.45) is 0. The standard InChI is InChI=1S/C51H28N2/c1-52-36-23-21-30-17-20-33(25-35(30)26-36)34-22-24-40-43(27-34)38-13-5-6-14-39(38)44-28-46-47(29-45(40)44)53(37-11-3-2-4-12-37)51-42-16-8-10-32-19-18-31-9-7-15-41(50(46)51)48(31)49(32)42/h2-29H. The van der Waals surface area contributed by atoms with E-state index in [0.717, 1.165) is 22.0 Å². The second-order valence-corrected chi connectivity index (χ2v) is 14.3. The molecule has 0 aliphatic rings. The highest BCUT2D eigenvalue weighted by Crippen LogP contribution is 2.48. The molecule has 0 atom stereocenters. The molecule has 0 fully saturated rings. The van der Waals surface area contributed by atoms with E-state index in [1.165, 1.54) is 92.0 Å². The molecular formula is C51H28N2.